The third kappa shape index (κ3) is 3.93. The van der Waals surface area contributed by atoms with Gasteiger partial charge in [-0.1, -0.05) is 24.3 Å². The number of anilines is 2. The zero-order valence-electron chi connectivity index (χ0n) is 15.9. The van der Waals surface area contributed by atoms with Gasteiger partial charge in [0.05, 0.1) is 35.7 Å². The van der Waals surface area contributed by atoms with E-state index in [0.717, 1.165) is 23.7 Å². The van der Waals surface area contributed by atoms with Crippen LogP contribution in [0.5, 0.6) is 0 Å². The lowest BCUT2D eigenvalue weighted by Gasteiger charge is -2.30. The van der Waals surface area contributed by atoms with Gasteiger partial charge in [0.15, 0.2) is 0 Å². The molecule has 8 nitrogen and oxygen atoms in total. The van der Waals surface area contributed by atoms with Crippen molar-refractivity contribution in [2.24, 2.45) is 0 Å². The van der Waals surface area contributed by atoms with E-state index in [1.807, 2.05) is 24.3 Å². The van der Waals surface area contributed by atoms with Crippen molar-refractivity contribution in [3.05, 3.63) is 59.7 Å². The van der Waals surface area contributed by atoms with Gasteiger partial charge in [0, 0.05) is 26.2 Å². The van der Waals surface area contributed by atoms with Crippen LogP contribution in [0.1, 0.15) is 20.7 Å². The number of benzene rings is 2. The Bertz CT molecular complexity index is 905. The average molecular weight is 394 g/mol. The van der Waals surface area contributed by atoms with Crippen LogP contribution in [0.4, 0.5) is 16.2 Å². The quantitative estimate of drug-likeness (QED) is 0.757. The number of fused-ring (bicyclic) bond motifs is 1. The maximum Gasteiger partial charge on any atom is 0.319 e. The van der Waals surface area contributed by atoms with Crippen LogP contribution < -0.4 is 15.5 Å². The summed E-state index contributed by atoms with van der Waals surface area (Å²) in [4.78, 5) is 40.4. The Morgan fingerprint density at radius 1 is 0.931 bits per heavy atom. The third-order valence-electron chi connectivity index (χ3n) is 5.00. The summed E-state index contributed by atoms with van der Waals surface area (Å²) >= 11 is 0. The van der Waals surface area contributed by atoms with E-state index in [1.165, 1.54) is 0 Å². The van der Waals surface area contributed by atoms with Gasteiger partial charge < -0.3 is 20.3 Å². The molecule has 150 valence electrons. The first kappa shape index (κ1) is 18.9. The van der Waals surface area contributed by atoms with Crippen LogP contribution in [0.15, 0.2) is 48.5 Å². The number of para-hydroxylation sites is 2. The highest BCUT2D eigenvalue weighted by Crippen LogP contribution is 2.26. The van der Waals surface area contributed by atoms with E-state index in [9.17, 15) is 14.4 Å². The largest absolute Gasteiger partial charge is 0.378 e. The molecule has 8 heteroatoms. The number of hydrogen-bond acceptors (Lipinski definition) is 5. The molecule has 2 aliphatic rings. The Morgan fingerprint density at radius 3 is 2.24 bits per heavy atom. The van der Waals surface area contributed by atoms with Gasteiger partial charge in [0.2, 0.25) is 0 Å². The molecule has 2 aromatic carbocycles. The molecule has 2 aromatic rings. The molecule has 0 atom stereocenters. The van der Waals surface area contributed by atoms with Gasteiger partial charge in [0.25, 0.3) is 11.8 Å². The number of morpholine rings is 1. The van der Waals surface area contributed by atoms with Crippen LogP contribution in [0.2, 0.25) is 0 Å². The maximum absolute atomic E-state index is 12.4. The van der Waals surface area contributed by atoms with E-state index in [0.29, 0.717) is 30.0 Å². The second-order valence-corrected chi connectivity index (χ2v) is 6.80. The number of imide groups is 1. The molecule has 1 saturated heterocycles. The van der Waals surface area contributed by atoms with E-state index in [2.05, 4.69) is 15.5 Å². The second kappa shape index (κ2) is 8.32. The number of rotatable bonds is 5. The minimum absolute atomic E-state index is 0.116. The predicted octanol–water partition coefficient (Wildman–Crippen LogP) is 1.94. The van der Waals surface area contributed by atoms with Crippen molar-refractivity contribution >= 4 is 29.2 Å². The summed E-state index contributed by atoms with van der Waals surface area (Å²) in [5.74, 6) is -0.657. The van der Waals surface area contributed by atoms with Crippen LogP contribution in [0, 0.1) is 0 Å². The Morgan fingerprint density at radius 2 is 1.55 bits per heavy atom. The van der Waals surface area contributed by atoms with Crippen LogP contribution in [-0.4, -0.2) is 62.1 Å². The molecule has 29 heavy (non-hydrogen) atoms. The van der Waals surface area contributed by atoms with E-state index in [-0.39, 0.29) is 30.9 Å². The van der Waals surface area contributed by atoms with E-state index in [4.69, 9.17) is 4.74 Å². The van der Waals surface area contributed by atoms with Crippen molar-refractivity contribution < 1.29 is 19.1 Å². The molecule has 4 rings (SSSR count). The summed E-state index contributed by atoms with van der Waals surface area (Å²) in [6, 6.07) is 13.9. The molecular formula is C21H22N4O4. The van der Waals surface area contributed by atoms with Gasteiger partial charge >= 0.3 is 6.03 Å². The van der Waals surface area contributed by atoms with Crippen molar-refractivity contribution in [2.45, 2.75) is 0 Å². The average Bonchev–Trinajstić information content (AvgIpc) is 3.00. The molecule has 2 aliphatic heterocycles. The molecular weight excluding hydrogens is 372 g/mol. The fraction of sp³-hybridized carbons (Fsp3) is 0.286. The van der Waals surface area contributed by atoms with Gasteiger partial charge in [-0.2, -0.15) is 0 Å². The Hall–Kier alpha value is -3.39. The topological polar surface area (TPSA) is 91.0 Å². The summed E-state index contributed by atoms with van der Waals surface area (Å²) in [5, 5.41) is 5.57. The summed E-state index contributed by atoms with van der Waals surface area (Å²) < 4.78 is 5.38. The minimum atomic E-state index is -0.387. The number of nitrogens with one attached hydrogen (secondary N) is 2. The van der Waals surface area contributed by atoms with Gasteiger partial charge in [0.1, 0.15) is 0 Å². The lowest BCUT2D eigenvalue weighted by atomic mass is 10.1. The monoisotopic (exact) mass is 394 g/mol. The smallest absolute Gasteiger partial charge is 0.319 e. The number of hydrogen-bond donors (Lipinski definition) is 2. The third-order valence-corrected chi connectivity index (χ3v) is 5.00. The molecule has 0 unspecified atom stereocenters. The number of amides is 4. The molecule has 0 spiro atoms. The Balaban J connectivity index is 1.33. The van der Waals surface area contributed by atoms with Gasteiger partial charge in [-0.15, -0.1) is 0 Å². The minimum Gasteiger partial charge on any atom is -0.378 e. The molecule has 1 fully saturated rings. The van der Waals surface area contributed by atoms with E-state index in [1.54, 1.807) is 24.3 Å². The summed E-state index contributed by atoms with van der Waals surface area (Å²) in [7, 11) is 0. The molecule has 0 bridgehead atoms. The van der Waals surface area contributed by atoms with Crippen LogP contribution in [0.3, 0.4) is 0 Å². The number of carbonyl (C=O) groups is 3. The standard InChI is InChI=1S/C21H22N4O4/c26-19-15-5-1-2-6-16(15)20(27)25(19)10-9-22-21(28)23-17-7-3-4-8-18(17)24-11-13-29-14-12-24/h1-8H,9-14H2,(H2,22,23,28). The first-order valence-corrected chi connectivity index (χ1v) is 9.57. The fourth-order valence-electron chi connectivity index (χ4n) is 3.55. The first-order valence-electron chi connectivity index (χ1n) is 9.57. The first-order chi connectivity index (χ1) is 14.1. The van der Waals surface area contributed by atoms with Gasteiger partial charge in [-0.3, -0.25) is 14.5 Å². The van der Waals surface area contributed by atoms with Crippen LogP contribution >= 0.6 is 0 Å². The molecule has 0 aliphatic carbocycles. The van der Waals surface area contributed by atoms with Crippen molar-refractivity contribution in [3.63, 3.8) is 0 Å². The summed E-state index contributed by atoms with van der Waals surface area (Å²) in [6.07, 6.45) is 0. The predicted molar refractivity (Wildman–Crippen MR) is 108 cm³/mol. The van der Waals surface area contributed by atoms with E-state index >= 15 is 0 Å². The highest BCUT2D eigenvalue weighted by atomic mass is 16.5. The lowest BCUT2D eigenvalue weighted by Crippen LogP contribution is -2.40. The fourth-order valence-corrected chi connectivity index (χ4v) is 3.55. The lowest BCUT2D eigenvalue weighted by molar-refractivity contribution is 0.0656. The molecule has 2 heterocycles. The molecule has 0 radical (unpaired) electrons. The SMILES string of the molecule is O=C(NCCN1C(=O)c2ccccc2C1=O)Nc1ccccc1N1CCOCC1. The van der Waals surface area contributed by atoms with Gasteiger partial charge in [-0.25, -0.2) is 4.79 Å². The Labute approximate surface area is 168 Å². The van der Waals surface area contributed by atoms with Crippen molar-refractivity contribution in [2.75, 3.05) is 49.6 Å². The number of nitrogens with zero attached hydrogens (tertiary/aromatic N) is 2. The second-order valence-electron chi connectivity index (χ2n) is 6.80. The number of ether oxygens (including phenoxy) is 1. The molecule has 4 amide bonds. The highest BCUT2D eigenvalue weighted by molar-refractivity contribution is 6.21. The zero-order valence-corrected chi connectivity index (χ0v) is 15.9. The molecule has 0 saturated carbocycles. The summed E-state index contributed by atoms with van der Waals surface area (Å²) in [6.45, 7) is 3.11. The summed E-state index contributed by atoms with van der Waals surface area (Å²) in [5.41, 5.74) is 2.45. The van der Waals surface area contributed by atoms with Crippen molar-refractivity contribution in [3.8, 4) is 0 Å². The number of carbonyl (C=O) groups excluding carboxylic acids is 3. The highest BCUT2D eigenvalue weighted by Gasteiger charge is 2.34. The maximum atomic E-state index is 12.4. The molecule has 2 N–H and O–H groups in total. The van der Waals surface area contributed by atoms with Crippen LogP contribution in [-0.2, 0) is 4.74 Å². The van der Waals surface area contributed by atoms with Crippen molar-refractivity contribution in [1.29, 1.82) is 0 Å². The normalized spacial score (nSPS) is 16.0. The Kier molecular flexibility index (Phi) is 5.44. The van der Waals surface area contributed by atoms with Crippen molar-refractivity contribution in [1.82, 2.24) is 10.2 Å². The van der Waals surface area contributed by atoms with E-state index < -0.39 is 0 Å². The number of urea groups is 1. The zero-order chi connectivity index (χ0) is 20.2. The van der Waals surface area contributed by atoms with Crippen LogP contribution in [0.25, 0.3) is 0 Å². The van der Waals surface area contributed by atoms with Gasteiger partial charge in [-0.05, 0) is 24.3 Å². The molecule has 0 aromatic heterocycles.